The largest absolute Gasteiger partial charge is 0.360 e. The molecule has 3 heterocycles. The minimum Gasteiger partial charge on any atom is -0.360 e. The smallest absolute Gasteiger partial charge is 0.269 e. The Kier molecular flexibility index (Phi) is 4.42. The van der Waals surface area contributed by atoms with E-state index in [-0.39, 0.29) is 11.9 Å². The van der Waals surface area contributed by atoms with Crippen LogP contribution >= 0.6 is 0 Å². The number of halogens is 1. The maximum absolute atomic E-state index is 13.8. The lowest BCUT2D eigenvalue weighted by Crippen LogP contribution is -2.39. The lowest BCUT2D eigenvalue weighted by Gasteiger charge is -2.22. The molecule has 8 heteroatoms. The molecule has 1 saturated heterocycles. The van der Waals surface area contributed by atoms with Crippen LogP contribution in [0.15, 0.2) is 16.8 Å². The number of imidazole rings is 1. The molecule has 0 aromatic carbocycles. The molecule has 0 aliphatic carbocycles. The number of likely N-dealkylation sites (tertiary alicyclic amines) is 1. The molecular formula is C15H20FN5O2. The molecule has 0 bridgehead atoms. The van der Waals surface area contributed by atoms with Gasteiger partial charge in [-0.3, -0.25) is 9.69 Å². The number of hydrogen-bond acceptors (Lipinski definition) is 5. The zero-order valence-electron chi connectivity index (χ0n) is 13.2. The maximum atomic E-state index is 13.8. The fourth-order valence-corrected chi connectivity index (χ4v) is 2.86. The first-order valence-corrected chi connectivity index (χ1v) is 7.61. The molecule has 2 aromatic rings. The summed E-state index contributed by atoms with van der Waals surface area (Å²) in [7, 11) is 0. The lowest BCUT2D eigenvalue weighted by atomic mass is 10.2. The number of rotatable bonds is 5. The SMILES string of the molecule is Cc1cc(CN2C[C@@H](F)C[C@H]2CNC(=O)c2cnc(C)[nH]2)on1. The molecule has 3 rings (SSSR count). The first-order chi connectivity index (χ1) is 11.0. The number of nitrogens with zero attached hydrogens (tertiary/aromatic N) is 3. The van der Waals surface area contributed by atoms with Crippen LogP contribution in [0.3, 0.4) is 0 Å². The van der Waals surface area contributed by atoms with Crippen molar-refractivity contribution >= 4 is 5.91 Å². The van der Waals surface area contributed by atoms with Gasteiger partial charge in [-0.25, -0.2) is 9.37 Å². The third-order valence-electron chi connectivity index (χ3n) is 3.96. The third kappa shape index (κ3) is 3.76. The Morgan fingerprint density at radius 2 is 2.39 bits per heavy atom. The Balaban J connectivity index is 1.57. The van der Waals surface area contributed by atoms with Gasteiger partial charge in [-0.15, -0.1) is 0 Å². The van der Waals surface area contributed by atoms with Crippen LogP contribution in [0.25, 0.3) is 0 Å². The molecule has 23 heavy (non-hydrogen) atoms. The van der Waals surface area contributed by atoms with Gasteiger partial charge < -0.3 is 14.8 Å². The highest BCUT2D eigenvalue weighted by Gasteiger charge is 2.33. The summed E-state index contributed by atoms with van der Waals surface area (Å²) in [6, 6.07) is 1.78. The van der Waals surface area contributed by atoms with Crippen LogP contribution in [-0.4, -0.2) is 51.2 Å². The van der Waals surface area contributed by atoms with Crippen LogP contribution in [0.4, 0.5) is 4.39 Å². The Hall–Kier alpha value is -2.22. The van der Waals surface area contributed by atoms with Gasteiger partial charge in [0.2, 0.25) is 0 Å². The van der Waals surface area contributed by atoms with Crippen molar-refractivity contribution in [1.82, 2.24) is 25.3 Å². The summed E-state index contributed by atoms with van der Waals surface area (Å²) in [5.41, 5.74) is 1.21. The predicted octanol–water partition coefficient (Wildman–Crippen LogP) is 1.36. The number of aromatic nitrogens is 3. The van der Waals surface area contributed by atoms with Crippen molar-refractivity contribution in [2.24, 2.45) is 0 Å². The van der Waals surface area contributed by atoms with E-state index in [0.29, 0.717) is 43.3 Å². The third-order valence-corrected chi connectivity index (χ3v) is 3.96. The van der Waals surface area contributed by atoms with Crippen molar-refractivity contribution in [2.75, 3.05) is 13.1 Å². The van der Waals surface area contributed by atoms with Crippen LogP contribution in [0.1, 0.15) is 34.2 Å². The zero-order chi connectivity index (χ0) is 16.4. The van der Waals surface area contributed by atoms with Gasteiger partial charge in [0.05, 0.1) is 18.4 Å². The van der Waals surface area contributed by atoms with Gasteiger partial charge >= 0.3 is 0 Å². The summed E-state index contributed by atoms with van der Waals surface area (Å²) in [5.74, 6) is 1.16. The molecular weight excluding hydrogens is 301 g/mol. The maximum Gasteiger partial charge on any atom is 0.269 e. The van der Waals surface area contributed by atoms with Gasteiger partial charge in [-0.05, 0) is 20.3 Å². The second-order valence-electron chi connectivity index (χ2n) is 5.94. The normalized spacial score (nSPS) is 21.7. The summed E-state index contributed by atoms with van der Waals surface area (Å²) >= 11 is 0. The van der Waals surface area contributed by atoms with Gasteiger partial charge in [0.25, 0.3) is 5.91 Å². The number of carbonyl (C=O) groups is 1. The number of hydrogen-bond donors (Lipinski definition) is 2. The molecule has 2 atom stereocenters. The summed E-state index contributed by atoms with van der Waals surface area (Å²) in [6.07, 6.45) is 0.997. The van der Waals surface area contributed by atoms with Gasteiger partial charge in [0.1, 0.15) is 17.7 Å². The van der Waals surface area contributed by atoms with E-state index in [0.717, 1.165) is 5.69 Å². The number of aromatic amines is 1. The first-order valence-electron chi connectivity index (χ1n) is 7.61. The summed E-state index contributed by atoms with van der Waals surface area (Å²) in [4.78, 5) is 20.9. The Morgan fingerprint density at radius 1 is 1.57 bits per heavy atom. The molecule has 2 aromatic heterocycles. The number of alkyl halides is 1. The molecule has 2 N–H and O–H groups in total. The molecule has 1 aliphatic heterocycles. The molecule has 0 unspecified atom stereocenters. The van der Waals surface area contributed by atoms with E-state index in [1.807, 2.05) is 17.9 Å². The van der Waals surface area contributed by atoms with E-state index < -0.39 is 6.17 Å². The zero-order valence-corrected chi connectivity index (χ0v) is 13.2. The van der Waals surface area contributed by atoms with E-state index in [9.17, 15) is 9.18 Å². The van der Waals surface area contributed by atoms with Crippen molar-refractivity contribution in [1.29, 1.82) is 0 Å². The predicted molar refractivity (Wildman–Crippen MR) is 80.6 cm³/mol. The second-order valence-corrected chi connectivity index (χ2v) is 5.94. The molecule has 7 nitrogen and oxygen atoms in total. The topological polar surface area (TPSA) is 87.0 Å². The van der Waals surface area contributed by atoms with Crippen LogP contribution in [0.5, 0.6) is 0 Å². The standard InChI is InChI=1S/C15H20FN5O2/c1-9-3-13(23-20-9)8-21-7-11(16)4-12(21)5-18-15(22)14-6-17-10(2)19-14/h3,6,11-12H,4-5,7-8H2,1-2H3,(H,17,19)(H,18,22)/t11-,12-/m0/s1. The monoisotopic (exact) mass is 321 g/mol. The van der Waals surface area contributed by atoms with E-state index in [4.69, 9.17) is 4.52 Å². The highest BCUT2D eigenvalue weighted by Crippen LogP contribution is 2.22. The van der Waals surface area contributed by atoms with Crippen LogP contribution in [0.2, 0.25) is 0 Å². The number of nitrogens with one attached hydrogen (secondary N) is 2. The first kappa shape index (κ1) is 15.7. The molecule has 1 fully saturated rings. The van der Waals surface area contributed by atoms with Crippen LogP contribution in [-0.2, 0) is 6.54 Å². The fourth-order valence-electron chi connectivity index (χ4n) is 2.86. The number of carbonyl (C=O) groups excluding carboxylic acids is 1. The molecule has 1 amide bonds. The molecule has 0 spiro atoms. The molecule has 0 saturated carbocycles. The van der Waals surface area contributed by atoms with Gasteiger partial charge in [0, 0.05) is 25.2 Å². The Labute approximate surface area is 133 Å². The minimum absolute atomic E-state index is 0.0663. The molecule has 124 valence electrons. The molecule has 0 radical (unpaired) electrons. The Bertz CT molecular complexity index is 683. The molecule has 1 aliphatic rings. The second kappa shape index (κ2) is 6.49. The van der Waals surface area contributed by atoms with E-state index in [1.165, 1.54) is 6.20 Å². The van der Waals surface area contributed by atoms with Crippen LogP contribution < -0.4 is 5.32 Å². The van der Waals surface area contributed by atoms with E-state index in [1.54, 1.807) is 6.92 Å². The van der Waals surface area contributed by atoms with Crippen molar-refractivity contribution in [3.63, 3.8) is 0 Å². The number of amides is 1. The average molecular weight is 321 g/mol. The number of aryl methyl sites for hydroxylation is 2. The van der Waals surface area contributed by atoms with E-state index >= 15 is 0 Å². The van der Waals surface area contributed by atoms with Crippen molar-refractivity contribution in [2.45, 2.75) is 39.0 Å². The minimum atomic E-state index is -0.893. The van der Waals surface area contributed by atoms with Crippen LogP contribution in [0, 0.1) is 13.8 Å². The summed E-state index contributed by atoms with van der Waals surface area (Å²) < 4.78 is 19.0. The van der Waals surface area contributed by atoms with Crippen molar-refractivity contribution < 1.29 is 13.7 Å². The Morgan fingerprint density at radius 3 is 3.04 bits per heavy atom. The van der Waals surface area contributed by atoms with Crippen molar-refractivity contribution in [3.8, 4) is 0 Å². The fraction of sp³-hybridized carbons (Fsp3) is 0.533. The average Bonchev–Trinajstić information content (AvgIpc) is 3.19. The van der Waals surface area contributed by atoms with Gasteiger partial charge in [0.15, 0.2) is 5.76 Å². The summed E-state index contributed by atoms with van der Waals surface area (Å²) in [5, 5.41) is 6.67. The highest BCUT2D eigenvalue weighted by atomic mass is 19.1. The number of H-pyrrole nitrogens is 1. The lowest BCUT2D eigenvalue weighted by molar-refractivity contribution is 0.0934. The van der Waals surface area contributed by atoms with Crippen molar-refractivity contribution in [3.05, 3.63) is 35.2 Å². The quantitative estimate of drug-likeness (QED) is 0.868. The summed E-state index contributed by atoms with van der Waals surface area (Å²) in [6.45, 7) is 4.83. The van der Waals surface area contributed by atoms with Gasteiger partial charge in [-0.2, -0.15) is 0 Å². The highest BCUT2D eigenvalue weighted by molar-refractivity contribution is 5.92. The van der Waals surface area contributed by atoms with E-state index in [2.05, 4.69) is 20.4 Å². The van der Waals surface area contributed by atoms with Gasteiger partial charge in [-0.1, -0.05) is 5.16 Å².